The van der Waals surface area contributed by atoms with Crippen molar-refractivity contribution in [2.45, 2.75) is 11.8 Å². The van der Waals surface area contributed by atoms with E-state index in [-0.39, 0.29) is 22.7 Å². The SMILES string of the molecule is NC[C@]1(c2ccccc2F)[C@@H]2CCN(c3cnc4c(-c5ccc6cn[nH]c(=O)c6c5)n[nH]c4n3)C[C@@H]21. The highest BCUT2D eigenvalue weighted by atomic mass is 19.1. The molecule has 1 aliphatic heterocycles. The number of hydrogen-bond donors (Lipinski definition) is 3. The van der Waals surface area contributed by atoms with E-state index in [9.17, 15) is 9.18 Å². The van der Waals surface area contributed by atoms with E-state index >= 15 is 0 Å². The molecular weight excluding hydrogens is 459 g/mol. The number of nitrogens with two attached hydrogens (primary N) is 1. The van der Waals surface area contributed by atoms with Gasteiger partial charge in [0, 0.05) is 36.0 Å². The first kappa shape index (κ1) is 21.1. The number of halogens is 1. The molecule has 0 spiro atoms. The lowest BCUT2D eigenvalue weighted by molar-refractivity contribution is 0.533. The molecule has 0 amide bonds. The average molecular weight is 483 g/mol. The number of rotatable bonds is 4. The standard InChI is InChI=1S/C26H23FN8O/c27-20-4-2-1-3-18(20)26(13-28)17-7-8-35(12-19(17)26)21-11-29-23-22(32-33-24(23)31-21)14-5-6-15-10-30-34-25(36)16(15)9-14/h1-6,9-11,17,19H,7-8,12-13,28H2,(H,34,36)(H,31,32,33)/t17-,19+,26-/m1/s1. The summed E-state index contributed by atoms with van der Waals surface area (Å²) in [6.07, 6.45) is 4.30. The number of piperidine rings is 1. The van der Waals surface area contributed by atoms with E-state index < -0.39 is 0 Å². The molecule has 2 aromatic carbocycles. The first-order valence-corrected chi connectivity index (χ1v) is 12.0. The Morgan fingerprint density at radius 2 is 2.03 bits per heavy atom. The van der Waals surface area contributed by atoms with Crippen LogP contribution in [0, 0.1) is 17.7 Å². The molecule has 2 fully saturated rings. The lowest BCUT2D eigenvalue weighted by atomic mass is 9.91. The van der Waals surface area contributed by atoms with E-state index in [1.165, 1.54) is 6.07 Å². The minimum atomic E-state index is -0.317. The van der Waals surface area contributed by atoms with Crippen LogP contribution in [-0.4, -0.2) is 50.0 Å². The second kappa shape index (κ2) is 7.66. The fourth-order valence-electron chi connectivity index (χ4n) is 6.22. The van der Waals surface area contributed by atoms with Crippen molar-refractivity contribution in [1.82, 2.24) is 30.4 Å². The lowest BCUT2D eigenvalue weighted by Crippen LogP contribution is -2.32. The molecule has 7 rings (SSSR count). The maximum absolute atomic E-state index is 14.7. The van der Waals surface area contributed by atoms with Crippen LogP contribution in [-0.2, 0) is 5.41 Å². The van der Waals surface area contributed by atoms with Crippen molar-refractivity contribution in [2.24, 2.45) is 17.6 Å². The van der Waals surface area contributed by atoms with Gasteiger partial charge in [0.2, 0.25) is 0 Å². The number of aromatic amines is 2. The van der Waals surface area contributed by atoms with E-state index in [1.807, 2.05) is 24.3 Å². The summed E-state index contributed by atoms with van der Waals surface area (Å²) in [5.74, 6) is 1.22. The smallest absolute Gasteiger partial charge is 0.272 e. The molecule has 5 aromatic rings. The van der Waals surface area contributed by atoms with E-state index in [0.29, 0.717) is 34.7 Å². The molecule has 0 radical (unpaired) electrons. The number of nitrogens with zero attached hydrogens (tertiary/aromatic N) is 5. The van der Waals surface area contributed by atoms with Gasteiger partial charge < -0.3 is 10.6 Å². The van der Waals surface area contributed by atoms with Gasteiger partial charge in [-0.25, -0.2) is 19.5 Å². The zero-order valence-electron chi connectivity index (χ0n) is 19.3. The quantitative estimate of drug-likeness (QED) is 0.359. The van der Waals surface area contributed by atoms with Gasteiger partial charge in [0.05, 0.1) is 17.8 Å². The van der Waals surface area contributed by atoms with Crippen LogP contribution in [0.25, 0.3) is 33.2 Å². The van der Waals surface area contributed by atoms with Gasteiger partial charge in [-0.3, -0.25) is 9.89 Å². The molecular formula is C26H23FN8O. The molecule has 0 bridgehead atoms. The Morgan fingerprint density at radius 1 is 1.14 bits per heavy atom. The van der Waals surface area contributed by atoms with Gasteiger partial charge in [0.25, 0.3) is 5.56 Å². The second-order valence-electron chi connectivity index (χ2n) is 9.67. The Hall–Kier alpha value is -4.18. The Labute approximate surface area is 204 Å². The molecule has 10 heteroatoms. The maximum atomic E-state index is 14.7. The monoisotopic (exact) mass is 482 g/mol. The van der Waals surface area contributed by atoms with Crippen LogP contribution < -0.4 is 16.2 Å². The third-order valence-electron chi connectivity index (χ3n) is 8.06. The molecule has 3 aromatic heterocycles. The molecule has 180 valence electrons. The summed E-state index contributed by atoms with van der Waals surface area (Å²) >= 11 is 0. The van der Waals surface area contributed by atoms with Crippen molar-refractivity contribution in [2.75, 3.05) is 24.5 Å². The van der Waals surface area contributed by atoms with E-state index in [1.54, 1.807) is 24.5 Å². The third-order valence-corrected chi connectivity index (χ3v) is 8.06. The Kier molecular flexibility index (Phi) is 4.50. The normalized spacial score (nSPS) is 23.2. The number of nitrogens with one attached hydrogen (secondary N) is 2. The minimum absolute atomic E-state index is 0.179. The first-order valence-electron chi connectivity index (χ1n) is 12.0. The predicted octanol–water partition coefficient (Wildman–Crippen LogP) is 2.75. The number of anilines is 1. The van der Waals surface area contributed by atoms with Crippen LogP contribution in [0.5, 0.6) is 0 Å². The molecule has 4 heterocycles. The topological polar surface area (TPSA) is 129 Å². The van der Waals surface area contributed by atoms with E-state index in [2.05, 4.69) is 30.3 Å². The average Bonchev–Trinajstić information content (AvgIpc) is 3.36. The number of aromatic nitrogens is 6. The fraction of sp³-hybridized carbons (Fsp3) is 0.269. The van der Waals surface area contributed by atoms with Gasteiger partial charge in [-0.15, -0.1) is 0 Å². The minimum Gasteiger partial charge on any atom is -0.355 e. The highest BCUT2D eigenvalue weighted by Gasteiger charge is 2.66. The number of fused-ring (bicyclic) bond motifs is 3. The molecule has 1 saturated carbocycles. The van der Waals surface area contributed by atoms with Crippen LogP contribution in [0.15, 0.2) is 59.7 Å². The molecule has 1 aliphatic carbocycles. The lowest BCUT2D eigenvalue weighted by Gasteiger charge is -2.26. The summed E-state index contributed by atoms with van der Waals surface area (Å²) in [5, 5.41) is 15.0. The zero-order valence-corrected chi connectivity index (χ0v) is 19.3. The summed E-state index contributed by atoms with van der Waals surface area (Å²) in [4.78, 5) is 23.9. The van der Waals surface area contributed by atoms with Crippen molar-refractivity contribution < 1.29 is 4.39 Å². The van der Waals surface area contributed by atoms with Crippen LogP contribution in [0.4, 0.5) is 10.2 Å². The summed E-state index contributed by atoms with van der Waals surface area (Å²) < 4.78 is 14.7. The Balaban J connectivity index is 1.19. The number of H-pyrrole nitrogens is 2. The van der Waals surface area contributed by atoms with Crippen LogP contribution >= 0.6 is 0 Å². The largest absolute Gasteiger partial charge is 0.355 e. The van der Waals surface area contributed by atoms with Crippen molar-refractivity contribution in [1.29, 1.82) is 0 Å². The van der Waals surface area contributed by atoms with Crippen LogP contribution in [0.1, 0.15) is 12.0 Å². The van der Waals surface area contributed by atoms with Gasteiger partial charge in [-0.1, -0.05) is 30.3 Å². The maximum Gasteiger partial charge on any atom is 0.272 e. The first-order chi connectivity index (χ1) is 17.6. The van der Waals surface area contributed by atoms with Crippen molar-refractivity contribution in [3.63, 3.8) is 0 Å². The molecule has 36 heavy (non-hydrogen) atoms. The Morgan fingerprint density at radius 3 is 2.89 bits per heavy atom. The summed E-state index contributed by atoms with van der Waals surface area (Å²) in [6.45, 7) is 1.98. The van der Waals surface area contributed by atoms with Gasteiger partial charge in [-0.05, 0) is 36.0 Å². The molecule has 0 unspecified atom stereocenters. The summed E-state index contributed by atoms with van der Waals surface area (Å²) in [5.41, 5.74) is 9.00. The highest BCUT2D eigenvalue weighted by molar-refractivity contribution is 5.92. The fourth-order valence-corrected chi connectivity index (χ4v) is 6.22. The van der Waals surface area contributed by atoms with Gasteiger partial charge in [0.15, 0.2) is 5.65 Å². The number of hydrogen-bond acceptors (Lipinski definition) is 7. The summed E-state index contributed by atoms with van der Waals surface area (Å²) in [6, 6.07) is 12.5. The van der Waals surface area contributed by atoms with Crippen LogP contribution in [0.2, 0.25) is 0 Å². The Bertz CT molecular complexity index is 1700. The zero-order chi connectivity index (χ0) is 24.4. The van der Waals surface area contributed by atoms with Crippen LogP contribution in [0.3, 0.4) is 0 Å². The highest BCUT2D eigenvalue weighted by Crippen LogP contribution is 2.63. The van der Waals surface area contributed by atoms with E-state index in [0.717, 1.165) is 41.8 Å². The molecule has 2 aliphatic rings. The van der Waals surface area contributed by atoms with Crippen molar-refractivity contribution >= 4 is 27.8 Å². The van der Waals surface area contributed by atoms with Crippen molar-refractivity contribution in [3.8, 4) is 11.3 Å². The van der Waals surface area contributed by atoms with E-state index in [4.69, 9.17) is 10.7 Å². The summed E-state index contributed by atoms with van der Waals surface area (Å²) in [7, 11) is 0. The van der Waals surface area contributed by atoms with Gasteiger partial charge in [-0.2, -0.15) is 10.2 Å². The molecule has 3 atom stereocenters. The van der Waals surface area contributed by atoms with Gasteiger partial charge in [0.1, 0.15) is 22.8 Å². The molecule has 4 N–H and O–H groups in total. The number of benzene rings is 2. The third kappa shape index (κ3) is 2.94. The molecule has 1 saturated heterocycles. The molecule has 9 nitrogen and oxygen atoms in total. The van der Waals surface area contributed by atoms with Gasteiger partial charge >= 0.3 is 0 Å². The predicted molar refractivity (Wildman–Crippen MR) is 134 cm³/mol. The second-order valence-corrected chi connectivity index (χ2v) is 9.67. The van der Waals surface area contributed by atoms with Crippen molar-refractivity contribution in [3.05, 3.63) is 76.6 Å².